The highest BCUT2D eigenvalue weighted by Crippen LogP contribution is 2.29. The molecule has 0 saturated carbocycles. The van der Waals surface area contributed by atoms with Crippen LogP contribution < -0.4 is 14.8 Å². The van der Waals surface area contributed by atoms with Crippen LogP contribution in [0.25, 0.3) is 0 Å². The summed E-state index contributed by atoms with van der Waals surface area (Å²) in [6.45, 7) is 2.71. The van der Waals surface area contributed by atoms with E-state index in [1.54, 1.807) is 12.1 Å². The molecule has 1 amide bonds. The van der Waals surface area contributed by atoms with E-state index in [4.69, 9.17) is 18.9 Å². The van der Waals surface area contributed by atoms with Crippen molar-refractivity contribution in [1.82, 2.24) is 5.32 Å². The number of aliphatic hydroxyl groups is 1. The van der Waals surface area contributed by atoms with Gasteiger partial charge in [-0.15, -0.1) is 0 Å². The van der Waals surface area contributed by atoms with Gasteiger partial charge in [0.2, 0.25) is 0 Å². The Morgan fingerprint density at radius 3 is 2.35 bits per heavy atom. The topological polar surface area (TPSA) is 86.3 Å². The number of ether oxygens (including phenoxy) is 4. The minimum Gasteiger partial charge on any atom is -0.496 e. The molecule has 128 valence electrons. The zero-order valence-electron chi connectivity index (χ0n) is 13.6. The molecule has 2 rings (SSSR count). The summed E-state index contributed by atoms with van der Waals surface area (Å²) < 4.78 is 21.2. The first-order chi connectivity index (χ1) is 11.1. The number of aliphatic hydroxyl groups excluding tert-OH is 1. The van der Waals surface area contributed by atoms with Crippen molar-refractivity contribution in [3.05, 3.63) is 23.3 Å². The summed E-state index contributed by atoms with van der Waals surface area (Å²) in [6.07, 6.45) is -0.00270. The SMILES string of the molecule is COc1cc(C(=O)NC(CO)CC2OCCO2)cc(OC)c1C. The predicted molar refractivity (Wildman–Crippen MR) is 82.9 cm³/mol. The van der Waals surface area contributed by atoms with Gasteiger partial charge in [0.1, 0.15) is 11.5 Å². The van der Waals surface area contributed by atoms with Gasteiger partial charge in [0.25, 0.3) is 5.91 Å². The first-order valence-corrected chi connectivity index (χ1v) is 7.46. The molecule has 7 nitrogen and oxygen atoms in total. The minimum absolute atomic E-state index is 0.199. The third-order valence-electron chi connectivity index (χ3n) is 3.74. The molecule has 1 aliphatic rings. The maximum absolute atomic E-state index is 12.4. The highest BCUT2D eigenvalue weighted by Gasteiger charge is 2.23. The maximum Gasteiger partial charge on any atom is 0.251 e. The second-order valence-corrected chi connectivity index (χ2v) is 5.27. The van der Waals surface area contributed by atoms with E-state index in [9.17, 15) is 9.90 Å². The van der Waals surface area contributed by atoms with E-state index < -0.39 is 12.3 Å². The van der Waals surface area contributed by atoms with Gasteiger partial charge in [-0.1, -0.05) is 0 Å². The van der Waals surface area contributed by atoms with Crippen molar-refractivity contribution in [3.8, 4) is 11.5 Å². The monoisotopic (exact) mass is 325 g/mol. The summed E-state index contributed by atoms with van der Waals surface area (Å²) in [5, 5.41) is 12.2. The summed E-state index contributed by atoms with van der Waals surface area (Å²) in [4.78, 5) is 12.4. The lowest BCUT2D eigenvalue weighted by atomic mass is 10.1. The van der Waals surface area contributed by atoms with Crippen LogP contribution >= 0.6 is 0 Å². The first-order valence-electron chi connectivity index (χ1n) is 7.46. The van der Waals surface area contributed by atoms with Crippen LogP contribution in [0.15, 0.2) is 12.1 Å². The lowest BCUT2D eigenvalue weighted by Crippen LogP contribution is -2.40. The van der Waals surface area contributed by atoms with Gasteiger partial charge >= 0.3 is 0 Å². The highest BCUT2D eigenvalue weighted by molar-refractivity contribution is 5.95. The van der Waals surface area contributed by atoms with Crippen LogP contribution in [0, 0.1) is 6.92 Å². The van der Waals surface area contributed by atoms with Crippen molar-refractivity contribution in [2.75, 3.05) is 34.0 Å². The quantitative estimate of drug-likeness (QED) is 0.773. The molecular formula is C16H23NO6. The Morgan fingerprint density at radius 1 is 1.30 bits per heavy atom. The average Bonchev–Trinajstić information content (AvgIpc) is 3.07. The van der Waals surface area contributed by atoms with Crippen LogP contribution in [0.1, 0.15) is 22.3 Å². The molecule has 1 atom stereocenters. The Kier molecular flexibility index (Phi) is 6.20. The highest BCUT2D eigenvalue weighted by atomic mass is 16.7. The molecule has 1 saturated heterocycles. The van der Waals surface area contributed by atoms with Crippen molar-refractivity contribution in [2.45, 2.75) is 25.7 Å². The van der Waals surface area contributed by atoms with Crippen LogP contribution in [0.4, 0.5) is 0 Å². The number of methoxy groups -OCH3 is 2. The van der Waals surface area contributed by atoms with Crippen molar-refractivity contribution in [1.29, 1.82) is 0 Å². The Balaban J connectivity index is 2.09. The second-order valence-electron chi connectivity index (χ2n) is 5.27. The normalized spacial score (nSPS) is 16.2. The number of amides is 1. The van der Waals surface area contributed by atoms with E-state index in [2.05, 4.69) is 5.32 Å². The molecule has 1 aliphatic heterocycles. The van der Waals surface area contributed by atoms with Gasteiger partial charge in [0.05, 0.1) is 40.1 Å². The smallest absolute Gasteiger partial charge is 0.251 e. The number of nitrogens with one attached hydrogen (secondary N) is 1. The number of hydrogen-bond acceptors (Lipinski definition) is 6. The lowest BCUT2D eigenvalue weighted by molar-refractivity contribution is -0.0552. The van der Waals surface area contributed by atoms with Crippen LogP contribution in [0.3, 0.4) is 0 Å². The first kappa shape index (κ1) is 17.5. The third kappa shape index (κ3) is 4.34. The molecule has 1 aromatic carbocycles. The lowest BCUT2D eigenvalue weighted by Gasteiger charge is -2.20. The largest absolute Gasteiger partial charge is 0.496 e. The van der Waals surface area contributed by atoms with Gasteiger partial charge in [-0.3, -0.25) is 4.79 Å². The van der Waals surface area contributed by atoms with Crippen LogP contribution in [0.5, 0.6) is 11.5 Å². The molecule has 2 N–H and O–H groups in total. The minimum atomic E-state index is -0.455. The molecule has 0 aromatic heterocycles. The fourth-order valence-electron chi connectivity index (χ4n) is 2.44. The molecule has 0 radical (unpaired) electrons. The molecule has 1 heterocycles. The number of carbonyl (C=O) groups excluding carboxylic acids is 1. The number of benzene rings is 1. The van der Waals surface area contributed by atoms with Crippen LogP contribution in [0.2, 0.25) is 0 Å². The van der Waals surface area contributed by atoms with E-state index in [-0.39, 0.29) is 12.5 Å². The fraction of sp³-hybridized carbons (Fsp3) is 0.562. The summed E-state index contributed by atoms with van der Waals surface area (Å²) >= 11 is 0. The van der Waals surface area contributed by atoms with Gasteiger partial charge in [0, 0.05) is 17.5 Å². The molecule has 0 bridgehead atoms. The van der Waals surface area contributed by atoms with Crippen LogP contribution in [-0.2, 0) is 9.47 Å². The summed E-state index contributed by atoms with van der Waals surface area (Å²) in [7, 11) is 3.07. The second kappa shape index (κ2) is 8.14. The van der Waals surface area contributed by atoms with Gasteiger partial charge in [0.15, 0.2) is 6.29 Å². The molecule has 23 heavy (non-hydrogen) atoms. The molecular weight excluding hydrogens is 302 g/mol. The van der Waals surface area contributed by atoms with E-state index in [1.165, 1.54) is 14.2 Å². The van der Waals surface area contributed by atoms with Crippen LogP contribution in [-0.4, -0.2) is 57.4 Å². The number of rotatable bonds is 7. The fourth-order valence-corrected chi connectivity index (χ4v) is 2.44. The summed E-state index contributed by atoms with van der Waals surface area (Å²) in [5.41, 5.74) is 1.22. The Bertz CT molecular complexity index is 516. The Hall–Kier alpha value is -1.83. The molecule has 1 unspecified atom stereocenters. The van der Waals surface area contributed by atoms with E-state index in [0.29, 0.717) is 36.7 Å². The van der Waals surface area contributed by atoms with Gasteiger partial charge in [-0.05, 0) is 19.1 Å². The maximum atomic E-state index is 12.4. The van der Waals surface area contributed by atoms with Gasteiger partial charge in [-0.2, -0.15) is 0 Å². The van der Waals surface area contributed by atoms with Gasteiger partial charge < -0.3 is 29.4 Å². The zero-order valence-corrected chi connectivity index (χ0v) is 13.6. The van der Waals surface area contributed by atoms with E-state index >= 15 is 0 Å². The van der Waals surface area contributed by atoms with Gasteiger partial charge in [-0.25, -0.2) is 0 Å². The number of carbonyl (C=O) groups is 1. The number of hydrogen-bond donors (Lipinski definition) is 2. The Labute approximate surface area is 135 Å². The Morgan fingerprint density at radius 2 is 1.87 bits per heavy atom. The van der Waals surface area contributed by atoms with Crippen molar-refractivity contribution >= 4 is 5.91 Å². The zero-order chi connectivity index (χ0) is 16.8. The molecule has 1 aromatic rings. The van der Waals surface area contributed by atoms with Crippen molar-refractivity contribution in [3.63, 3.8) is 0 Å². The average molecular weight is 325 g/mol. The third-order valence-corrected chi connectivity index (χ3v) is 3.74. The van der Waals surface area contributed by atoms with Crippen molar-refractivity contribution < 1.29 is 28.8 Å². The molecule has 7 heteroatoms. The molecule has 0 aliphatic carbocycles. The van der Waals surface area contributed by atoms with Crippen molar-refractivity contribution in [2.24, 2.45) is 0 Å². The predicted octanol–water partition coefficient (Wildman–Crippen LogP) is 0.866. The molecule has 1 fully saturated rings. The summed E-state index contributed by atoms with van der Waals surface area (Å²) in [6, 6.07) is 2.83. The molecule has 0 spiro atoms. The van der Waals surface area contributed by atoms with E-state index in [0.717, 1.165) is 5.56 Å². The summed E-state index contributed by atoms with van der Waals surface area (Å²) in [5.74, 6) is 0.814. The standard InChI is InChI=1S/C16H23NO6/c1-10-13(20-2)6-11(7-14(10)21-3)16(19)17-12(9-18)8-15-22-4-5-23-15/h6-7,12,15,18H,4-5,8-9H2,1-3H3,(H,17,19). The van der Waals surface area contributed by atoms with E-state index in [1.807, 2.05) is 6.92 Å².